The van der Waals surface area contributed by atoms with Gasteiger partial charge in [-0.1, -0.05) is 19.3 Å². The molecule has 0 amide bonds. The molecule has 0 unspecified atom stereocenters. The summed E-state index contributed by atoms with van der Waals surface area (Å²) in [5.41, 5.74) is 0. The molecule has 1 aliphatic heterocycles. The first-order valence-electron chi connectivity index (χ1n) is 10.2. The molecule has 0 aromatic carbocycles. The number of hydrogen-bond donors (Lipinski definition) is 2. The highest BCUT2D eigenvalue weighted by Crippen LogP contribution is 2.20. The van der Waals surface area contributed by atoms with Gasteiger partial charge >= 0.3 is 0 Å². The molecule has 0 aromatic heterocycles. The molecule has 0 radical (unpaired) electrons. The third kappa shape index (κ3) is 10.3. The zero-order valence-electron chi connectivity index (χ0n) is 16.8. The number of guanidine groups is 1. The van der Waals surface area contributed by atoms with E-state index >= 15 is 0 Å². The number of nitrogens with one attached hydrogen (secondary N) is 2. The maximum absolute atomic E-state index is 5.97. The second kappa shape index (κ2) is 14.9. The van der Waals surface area contributed by atoms with Crippen LogP contribution in [-0.2, 0) is 4.74 Å². The van der Waals surface area contributed by atoms with Crippen molar-refractivity contribution in [3.63, 3.8) is 0 Å². The number of nitrogens with zero attached hydrogens (tertiary/aromatic N) is 3. The lowest BCUT2D eigenvalue weighted by Crippen LogP contribution is -2.42. The Morgan fingerprint density at radius 3 is 2.54 bits per heavy atom. The Kier molecular flexibility index (Phi) is 13.7. The fourth-order valence-corrected chi connectivity index (χ4v) is 3.64. The van der Waals surface area contributed by atoms with Crippen LogP contribution < -0.4 is 10.6 Å². The van der Waals surface area contributed by atoms with Crippen molar-refractivity contribution in [3.05, 3.63) is 0 Å². The van der Waals surface area contributed by atoms with Crippen LogP contribution in [0, 0.1) is 0 Å². The molecule has 1 saturated carbocycles. The topological polar surface area (TPSA) is 52.1 Å². The monoisotopic (exact) mass is 481 g/mol. The summed E-state index contributed by atoms with van der Waals surface area (Å²) >= 11 is 0. The van der Waals surface area contributed by atoms with E-state index in [9.17, 15) is 0 Å². The van der Waals surface area contributed by atoms with Gasteiger partial charge in [-0.25, -0.2) is 0 Å². The molecule has 1 heterocycles. The number of halogens is 1. The molecule has 0 spiro atoms. The van der Waals surface area contributed by atoms with Crippen LogP contribution in [-0.4, -0.2) is 88.4 Å². The zero-order valence-corrected chi connectivity index (χ0v) is 19.2. The zero-order chi connectivity index (χ0) is 17.7. The molecule has 2 fully saturated rings. The second-order valence-corrected chi connectivity index (χ2v) is 7.41. The van der Waals surface area contributed by atoms with Gasteiger partial charge in [-0.15, -0.1) is 24.0 Å². The summed E-state index contributed by atoms with van der Waals surface area (Å²) in [6.07, 6.45) is 9.39. The summed E-state index contributed by atoms with van der Waals surface area (Å²) in [4.78, 5) is 9.28. The van der Waals surface area contributed by atoms with Crippen LogP contribution in [0.25, 0.3) is 0 Å². The Balaban J connectivity index is 0.00000338. The van der Waals surface area contributed by atoms with Gasteiger partial charge in [0.1, 0.15) is 0 Å². The van der Waals surface area contributed by atoms with E-state index in [1.165, 1.54) is 64.7 Å². The van der Waals surface area contributed by atoms with E-state index in [1.807, 2.05) is 7.05 Å². The molecule has 1 saturated heterocycles. The van der Waals surface area contributed by atoms with Crippen molar-refractivity contribution in [2.45, 2.75) is 51.0 Å². The first kappa shape index (κ1) is 23.9. The molecule has 0 aromatic rings. The third-order valence-electron chi connectivity index (χ3n) is 5.28. The van der Waals surface area contributed by atoms with Crippen LogP contribution in [0.4, 0.5) is 0 Å². The highest BCUT2D eigenvalue weighted by Gasteiger charge is 2.13. The molecule has 7 heteroatoms. The first-order valence-corrected chi connectivity index (χ1v) is 10.2. The minimum absolute atomic E-state index is 0. The van der Waals surface area contributed by atoms with E-state index in [4.69, 9.17) is 4.74 Å². The van der Waals surface area contributed by atoms with E-state index in [1.54, 1.807) is 0 Å². The molecule has 2 N–H and O–H groups in total. The smallest absolute Gasteiger partial charge is 0.191 e. The molecule has 1 aliphatic carbocycles. The maximum Gasteiger partial charge on any atom is 0.191 e. The molecule has 2 rings (SSSR count). The maximum atomic E-state index is 5.97. The Labute approximate surface area is 177 Å². The van der Waals surface area contributed by atoms with Gasteiger partial charge in [0.2, 0.25) is 0 Å². The van der Waals surface area contributed by atoms with Crippen LogP contribution in [0.3, 0.4) is 0 Å². The lowest BCUT2D eigenvalue weighted by Gasteiger charge is -2.22. The van der Waals surface area contributed by atoms with Crippen molar-refractivity contribution in [1.29, 1.82) is 0 Å². The normalized spacial score (nSPS) is 21.1. The van der Waals surface area contributed by atoms with Gasteiger partial charge in [0.15, 0.2) is 5.96 Å². The lowest BCUT2D eigenvalue weighted by atomic mass is 9.98. The Morgan fingerprint density at radius 1 is 1.00 bits per heavy atom. The Morgan fingerprint density at radius 2 is 1.77 bits per heavy atom. The second-order valence-electron chi connectivity index (χ2n) is 7.41. The van der Waals surface area contributed by atoms with E-state index in [-0.39, 0.29) is 24.0 Å². The van der Waals surface area contributed by atoms with E-state index in [2.05, 4.69) is 32.5 Å². The summed E-state index contributed by atoms with van der Waals surface area (Å²) in [6, 6.07) is 0. The predicted octanol–water partition coefficient (Wildman–Crippen LogP) is 2.15. The van der Waals surface area contributed by atoms with Crippen molar-refractivity contribution in [2.24, 2.45) is 4.99 Å². The lowest BCUT2D eigenvalue weighted by molar-refractivity contribution is 0.0277. The average Bonchev–Trinajstić information content (AvgIpc) is 2.85. The van der Waals surface area contributed by atoms with E-state index in [0.717, 1.165) is 38.6 Å². The standard InChI is InChI=1S/C19H39N5O.HI/c1-20-19(21-10-6-17-25-18-8-4-3-5-9-18)22-11-14-24-13-7-12-23(2)15-16-24;/h18H,3-17H2,1-2H3,(H2,20,21,22);1H. The first-order chi connectivity index (χ1) is 12.3. The number of hydrogen-bond acceptors (Lipinski definition) is 4. The van der Waals surface area contributed by atoms with Gasteiger partial charge in [-0.2, -0.15) is 0 Å². The van der Waals surface area contributed by atoms with Gasteiger partial charge in [-0.05, 0) is 45.8 Å². The number of ether oxygens (including phenoxy) is 1. The van der Waals surface area contributed by atoms with Crippen LogP contribution in [0.5, 0.6) is 0 Å². The summed E-state index contributed by atoms with van der Waals surface area (Å²) in [7, 11) is 4.06. The largest absolute Gasteiger partial charge is 0.378 e. The minimum atomic E-state index is 0. The predicted molar refractivity (Wildman–Crippen MR) is 121 cm³/mol. The van der Waals surface area contributed by atoms with Gasteiger partial charge in [0.05, 0.1) is 6.10 Å². The molecule has 154 valence electrons. The van der Waals surface area contributed by atoms with E-state index in [0.29, 0.717) is 6.10 Å². The van der Waals surface area contributed by atoms with Gasteiger partial charge in [-0.3, -0.25) is 4.99 Å². The van der Waals surface area contributed by atoms with Crippen molar-refractivity contribution in [3.8, 4) is 0 Å². The molecule has 2 aliphatic rings. The van der Waals surface area contributed by atoms with Gasteiger partial charge in [0.25, 0.3) is 0 Å². The SMILES string of the molecule is CN=C(NCCCOC1CCCCC1)NCCN1CCCN(C)CC1.I. The average molecular weight is 481 g/mol. The highest BCUT2D eigenvalue weighted by atomic mass is 127. The Bertz CT molecular complexity index is 377. The van der Waals surface area contributed by atoms with Gasteiger partial charge < -0.3 is 25.2 Å². The summed E-state index contributed by atoms with van der Waals surface area (Å²) in [6.45, 7) is 8.57. The summed E-state index contributed by atoms with van der Waals surface area (Å²) < 4.78 is 5.97. The molecule has 0 bridgehead atoms. The van der Waals surface area contributed by atoms with Crippen LogP contribution >= 0.6 is 24.0 Å². The van der Waals surface area contributed by atoms with Crippen molar-refractivity contribution < 1.29 is 4.74 Å². The third-order valence-corrected chi connectivity index (χ3v) is 5.28. The van der Waals surface area contributed by atoms with Crippen LogP contribution in [0.15, 0.2) is 4.99 Å². The molecule has 0 atom stereocenters. The van der Waals surface area contributed by atoms with Crippen molar-refractivity contribution >= 4 is 29.9 Å². The van der Waals surface area contributed by atoms with Crippen molar-refractivity contribution in [1.82, 2.24) is 20.4 Å². The van der Waals surface area contributed by atoms with Crippen LogP contribution in [0.2, 0.25) is 0 Å². The van der Waals surface area contributed by atoms with Crippen molar-refractivity contribution in [2.75, 3.05) is 66.5 Å². The van der Waals surface area contributed by atoms with Gasteiger partial charge in [0, 0.05) is 46.4 Å². The molecular weight excluding hydrogens is 441 g/mol. The summed E-state index contributed by atoms with van der Waals surface area (Å²) in [5, 5.41) is 6.83. The number of rotatable bonds is 8. The molecule has 6 nitrogen and oxygen atoms in total. The summed E-state index contributed by atoms with van der Waals surface area (Å²) in [5.74, 6) is 0.907. The minimum Gasteiger partial charge on any atom is -0.378 e. The number of likely N-dealkylation sites (N-methyl/N-ethyl adjacent to an activating group) is 1. The highest BCUT2D eigenvalue weighted by molar-refractivity contribution is 14.0. The molecule has 26 heavy (non-hydrogen) atoms. The quantitative estimate of drug-likeness (QED) is 0.241. The van der Waals surface area contributed by atoms with Crippen LogP contribution in [0.1, 0.15) is 44.9 Å². The molecular formula is C19H40IN5O. The number of aliphatic imine (C=N–C) groups is 1. The van der Waals surface area contributed by atoms with E-state index < -0.39 is 0 Å². The fourth-order valence-electron chi connectivity index (χ4n) is 3.64. The fraction of sp³-hybridized carbons (Fsp3) is 0.947. The Hall–Kier alpha value is -0.120.